The zero-order chi connectivity index (χ0) is 10.7. The summed E-state index contributed by atoms with van der Waals surface area (Å²) in [7, 11) is 0. The molecular weight excluding hydrogens is 256 g/mol. The van der Waals surface area contributed by atoms with Gasteiger partial charge in [-0.3, -0.25) is 20.2 Å². The van der Waals surface area contributed by atoms with E-state index in [-0.39, 0.29) is 5.56 Å². The Kier molecular flexibility index (Phi) is 3.13. The topological polar surface area (TPSA) is 86.3 Å². The molecule has 74 valence electrons. The minimum atomic E-state index is -1.90. The largest absolute Gasteiger partial charge is 0.476 e. The molecule has 1 aromatic carbocycles. The van der Waals surface area contributed by atoms with Crippen molar-refractivity contribution in [3.8, 4) is 0 Å². The van der Waals surface area contributed by atoms with Crippen LogP contribution in [0.5, 0.6) is 0 Å². The van der Waals surface area contributed by atoms with Crippen molar-refractivity contribution >= 4 is 15.9 Å². The van der Waals surface area contributed by atoms with Crippen LogP contribution in [0.3, 0.4) is 0 Å². The van der Waals surface area contributed by atoms with Crippen molar-refractivity contribution in [3.63, 3.8) is 0 Å². The van der Waals surface area contributed by atoms with Crippen LogP contribution in [0, 0.1) is 20.2 Å². The lowest BCUT2D eigenvalue weighted by atomic mass is 10.2. The molecule has 0 atom stereocenters. The number of rotatable bonds is 3. The molecule has 0 spiro atoms. The van der Waals surface area contributed by atoms with Crippen LogP contribution in [0.4, 0.5) is 0 Å². The van der Waals surface area contributed by atoms with Gasteiger partial charge in [-0.05, 0) is 18.2 Å². The van der Waals surface area contributed by atoms with Crippen molar-refractivity contribution in [2.45, 2.75) is 6.17 Å². The van der Waals surface area contributed by atoms with Crippen molar-refractivity contribution in [1.29, 1.82) is 0 Å². The maximum absolute atomic E-state index is 10.4. The summed E-state index contributed by atoms with van der Waals surface area (Å²) in [6.07, 6.45) is -1.90. The molecule has 0 heterocycles. The summed E-state index contributed by atoms with van der Waals surface area (Å²) in [5.41, 5.74) is 0.0503. The second kappa shape index (κ2) is 4.14. The quantitative estimate of drug-likeness (QED) is 0.473. The van der Waals surface area contributed by atoms with E-state index in [4.69, 9.17) is 0 Å². The van der Waals surface area contributed by atoms with Crippen LogP contribution in [0.25, 0.3) is 0 Å². The molecule has 0 aliphatic carbocycles. The molecule has 0 aromatic heterocycles. The average Bonchev–Trinajstić information content (AvgIpc) is 2.02. The number of nitrogens with zero attached hydrogens (tertiary/aromatic N) is 2. The lowest BCUT2D eigenvalue weighted by Crippen LogP contribution is -2.19. The van der Waals surface area contributed by atoms with Crippen LogP contribution < -0.4 is 0 Å². The molecular formula is C7H5BrN2O4. The molecule has 0 unspecified atom stereocenters. The molecule has 6 nitrogen and oxygen atoms in total. The highest BCUT2D eigenvalue weighted by Gasteiger charge is 2.34. The van der Waals surface area contributed by atoms with Crippen molar-refractivity contribution in [3.05, 3.63) is 54.5 Å². The van der Waals surface area contributed by atoms with E-state index in [1.165, 1.54) is 18.2 Å². The Morgan fingerprint density at radius 3 is 2.21 bits per heavy atom. The highest BCUT2D eigenvalue weighted by molar-refractivity contribution is 9.10. The molecule has 0 radical (unpaired) electrons. The molecule has 0 fully saturated rings. The Balaban J connectivity index is 3.12. The van der Waals surface area contributed by atoms with E-state index in [9.17, 15) is 20.2 Å². The van der Waals surface area contributed by atoms with E-state index in [0.29, 0.717) is 4.47 Å². The second-order valence-electron chi connectivity index (χ2n) is 2.50. The van der Waals surface area contributed by atoms with Crippen LogP contribution in [0.2, 0.25) is 0 Å². The van der Waals surface area contributed by atoms with Crippen molar-refractivity contribution < 1.29 is 9.85 Å². The highest BCUT2D eigenvalue weighted by atomic mass is 79.9. The Labute approximate surface area is 87.0 Å². The Bertz CT molecular complexity index is 368. The summed E-state index contributed by atoms with van der Waals surface area (Å²) in [6, 6.07) is 5.86. The van der Waals surface area contributed by atoms with Gasteiger partial charge in [0.2, 0.25) is 0 Å². The van der Waals surface area contributed by atoms with E-state index in [1.807, 2.05) is 0 Å². The Morgan fingerprint density at radius 2 is 1.79 bits per heavy atom. The van der Waals surface area contributed by atoms with E-state index in [1.54, 1.807) is 6.07 Å². The fraction of sp³-hybridized carbons (Fsp3) is 0.143. The second-order valence-corrected chi connectivity index (χ2v) is 3.42. The molecule has 0 saturated carbocycles. The molecule has 14 heavy (non-hydrogen) atoms. The standard InChI is InChI=1S/C7H5BrN2O4/c8-6-3-1-2-5(4-6)7(9(11)12)10(13)14/h1-4,7H. The monoisotopic (exact) mass is 260 g/mol. The molecule has 0 saturated heterocycles. The molecule has 0 amide bonds. The number of nitro groups is 2. The Morgan fingerprint density at radius 1 is 1.21 bits per heavy atom. The van der Waals surface area contributed by atoms with E-state index >= 15 is 0 Å². The zero-order valence-electron chi connectivity index (χ0n) is 6.79. The molecule has 0 aliphatic rings. The minimum Gasteiger partial charge on any atom is -0.258 e. The molecule has 7 heteroatoms. The molecule has 0 bridgehead atoms. The number of hydrogen-bond donors (Lipinski definition) is 0. The summed E-state index contributed by atoms with van der Waals surface area (Å²) < 4.78 is 0.573. The predicted molar refractivity (Wildman–Crippen MR) is 50.9 cm³/mol. The normalized spacial score (nSPS) is 10.1. The van der Waals surface area contributed by atoms with E-state index in [0.717, 1.165) is 0 Å². The third kappa shape index (κ3) is 2.25. The van der Waals surface area contributed by atoms with Gasteiger partial charge in [-0.1, -0.05) is 22.0 Å². The van der Waals surface area contributed by atoms with Gasteiger partial charge in [0.25, 0.3) is 0 Å². The van der Waals surface area contributed by atoms with Crippen LogP contribution in [0.1, 0.15) is 11.7 Å². The van der Waals surface area contributed by atoms with Gasteiger partial charge >= 0.3 is 6.17 Å². The number of halogens is 1. The van der Waals surface area contributed by atoms with Gasteiger partial charge in [0.05, 0.1) is 0 Å². The van der Waals surface area contributed by atoms with Crippen LogP contribution in [-0.2, 0) is 0 Å². The SMILES string of the molecule is O=[N+]([O-])C(c1cccc(Br)c1)[N+](=O)[O-]. The first kappa shape index (κ1) is 10.6. The third-order valence-corrected chi connectivity index (χ3v) is 2.04. The fourth-order valence-electron chi connectivity index (χ4n) is 0.988. The number of benzene rings is 1. The maximum atomic E-state index is 10.4. The molecule has 0 N–H and O–H groups in total. The van der Waals surface area contributed by atoms with Crippen molar-refractivity contribution in [1.82, 2.24) is 0 Å². The summed E-state index contributed by atoms with van der Waals surface area (Å²) in [5.74, 6) is 0. The lowest BCUT2D eigenvalue weighted by molar-refractivity contribution is -0.752. The van der Waals surface area contributed by atoms with Crippen molar-refractivity contribution in [2.75, 3.05) is 0 Å². The van der Waals surface area contributed by atoms with Gasteiger partial charge in [0.15, 0.2) is 0 Å². The van der Waals surface area contributed by atoms with Crippen LogP contribution in [0.15, 0.2) is 28.7 Å². The first-order chi connectivity index (χ1) is 6.52. The van der Waals surface area contributed by atoms with Crippen LogP contribution in [-0.4, -0.2) is 9.85 Å². The fourth-order valence-corrected chi connectivity index (χ4v) is 1.40. The third-order valence-electron chi connectivity index (χ3n) is 1.55. The van der Waals surface area contributed by atoms with Crippen LogP contribution >= 0.6 is 15.9 Å². The minimum absolute atomic E-state index is 0.0503. The summed E-state index contributed by atoms with van der Waals surface area (Å²) in [5, 5.41) is 20.8. The zero-order valence-corrected chi connectivity index (χ0v) is 8.38. The highest BCUT2D eigenvalue weighted by Crippen LogP contribution is 2.20. The van der Waals surface area contributed by atoms with Crippen molar-refractivity contribution in [2.24, 2.45) is 0 Å². The summed E-state index contributed by atoms with van der Waals surface area (Å²) in [6.45, 7) is 0. The van der Waals surface area contributed by atoms with Gasteiger partial charge in [0.1, 0.15) is 15.4 Å². The molecule has 1 aromatic rings. The van der Waals surface area contributed by atoms with Gasteiger partial charge in [-0.2, -0.15) is 0 Å². The first-order valence-electron chi connectivity index (χ1n) is 3.55. The molecule has 0 aliphatic heterocycles. The Hall–Kier alpha value is -1.50. The van der Waals surface area contributed by atoms with Gasteiger partial charge < -0.3 is 0 Å². The maximum Gasteiger partial charge on any atom is 0.476 e. The van der Waals surface area contributed by atoms with Gasteiger partial charge in [-0.25, -0.2) is 0 Å². The predicted octanol–water partition coefficient (Wildman–Crippen LogP) is 2.00. The van der Waals surface area contributed by atoms with Gasteiger partial charge in [0, 0.05) is 4.47 Å². The van der Waals surface area contributed by atoms with Gasteiger partial charge in [-0.15, -0.1) is 0 Å². The first-order valence-corrected chi connectivity index (χ1v) is 4.34. The molecule has 1 rings (SSSR count). The smallest absolute Gasteiger partial charge is 0.258 e. The average molecular weight is 261 g/mol. The van der Waals surface area contributed by atoms with E-state index < -0.39 is 16.0 Å². The summed E-state index contributed by atoms with van der Waals surface area (Å²) in [4.78, 5) is 18.9. The van der Waals surface area contributed by atoms with E-state index in [2.05, 4.69) is 15.9 Å². The lowest BCUT2D eigenvalue weighted by Gasteiger charge is -2.01. The summed E-state index contributed by atoms with van der Waals surface area (Å²) >= 11 is 3.08. The number of hydrogen-bond acceptors (Lipinski definition) is 4.